The van der Waals surface area contributed by atoms with Gasteiger partial charge in [-0.25, -0.2) is 4.79 Å². The Morgan fingerprint density at radius 2 is 1.34 bits per heavy atom. The van der Waals surface area contributed by atoms with Crippen LogP contribution in [0, 0.1) is 5.41 Å². The summed E-state index contributed by atoms with van der Waals surface area (Å²) in [6.45, 7) is 5.32. The van der Waals surface area contributed by atoms with Crippen molar-refractivity contribution in [3.63, 3.8) is 0 Å². The molecule has 7 nitrogen and oxygen atoms in total. The minimum atomic E-state index is -0.402. The molecule has 2 rings (SSSR count). The molecule has 0 aromatic rings. The maximum absolute atomic E-state index is 12.2. The number of nitrogens with one attached hydrogen (secondary N) is 1. The Bertz CT molecular complexity index is 701. The van der Waals surface area contributed by atoms with Crippen LogP contribution in [0.25, 0.3) is 0 Å². The quantitative estimate of drug-likeness (QED) is 0.0752. The van der Waals surface area contributed by atoms with Crippen molar-refractivity contribution >= 4 is 23.8 Å². The van der Waals surface area contributed by atoms with E-state index in [1.807, 2.05) is 11.8 Å². The third-order valence-electron chi connectivity index (χ3n) is 8.10. The molecule has 0 aliphatic carbocycles. The lowest BCUT2D eigenvalue weighted by Crippen LogP contribution is -2.51. The fourth-order valence-corrected chi connectivity index (χ4v) is 6.00. The number of ether oxygens (including phenoxy) is 3. The number of alkyl carbamates (subject to hydrolysis) is 1. The van der Waals surface area contributed by atoms with Gasteiger partial charge in [0, 0.05) is 25.7 Å². The second kappa shape index (κ2) is 24.1. The van der Waals surface area contributed by atoms with E-state index in [0.29, 0.717) is 26.2 Å². The number of carbonyl (C=O) groups is 2. The molecule has 0 aromatic heterocycles. The Morgan fingerprint density at radius 1 is 0.780 bits per heavy atom. The highest BCUT2D eigenvalue weighted by molar-refractivity contribution is 8.02. The molecule has 1 amide bonds. The standard InChI is InChI=1S/C33H60N2O5S/c1-2-3-4-5-6-7-8-9-10-11-12-13-14-15-16-19-22-34-32(37)40-29-33(26-38-27-33)28-39-31(36)21-18-17-20-23-35-24-25-41-30-35/h24-25H,2-23,26-30H2,1H3,(H,34,37). The van der Waals surface area contributed by atoms with E-state index in [1.165, 1.54) is 89.9 Å². The normalized spacial score (nSPS) is 15.6. The SMILES string of the molecule is CCCCCCCCCCCCCCCCCCNC(=O)OCC1(COC(=O)CCCCCN2C=CSC2)COC1. The summed E-state index contributed by atoms with van der Waals surface area (Å²) in [5.41, 5.74) is -0.402. The van der Waals surface area contributed by atoms with E-state index in [0.717, 1.165) is 44.5 Å². The number of nitrogens with zero attached hydrogens (tertiary/aromatic N) is 1. The van der Waals surface area contributed by atoms with Gasteiger partial charge in [-0.2, -0.15) is 0 Å². The van der Waals surface area contributed by atoms with Crippen LogP contribution in [0.5, 0.6) is 0 Å². The number of esters is 1. The first-order valence-electron chi connectivity index (χ1n) is 16.8. The number of rotatable bonds is 27. The summed E-state index contributed by atoms with van der Waals surface area (Å²) in [5, 5.41) is 4.98. The van der Waals surface area contributed by atoms with Crippen LogP contribution < -0.4 is 5.32 Å². The number of hydrogen-bond donors (Lipinski definition) is 1. The summed E-state index contributed by atoms with van der Waals surface area (Å²) in [4.78, 5) is 26.6. The Morgan fingerprint density at radius 3 is 1.88 bits per heavy atom. The van der Waals surface area contributed by atoms with Crippen molar-refractivity contribution in [2.75, 3.05) is 45.4 Å². The number of unbranched alkanes of at least 4 members (excludes halogenated alkanes) is 17. The van der Waals surface area contributed by atoms with Gasteiger partial charge in [0.2, 0.25) is 0 Å². The molecular formula is C33H60N2O5S. The van der Waals surface area contributed by atoms with Gasteiger partial charge in [0.1, 0.15) is 13.2 Å². The molecule has 0 bridgehead atoms. The Labute approximate surface area is 255 Å². The Kier molecular flexibility index (Phi) is 21.0. The third kappa shape index (κ3) is 18.7. The van der Waals surface area contributed by atoms with E-state index in [-0.39, 0.29) is 19.2 Å². The van der Waals surface area contributed by atoms with Gasteiger partial charge in [-0.1, -0.05) is 110 Å². The smallest absolute Gasteiger partial charge is 0.407 e. The van der Waals surface area contributed by atoms with Crippen molar-refractivity contribution in [2.45, 2.75) is 135 Å². The summed E-state index contributed by atoms with van der Waals surface area (Å²) < 4.78 is 16.3. The van der Waals surface area contributed by atoms with Crippen molar-refractivity contribution in [1.29, 1.82) is 0 Å². The van der Waals surface area contributed by atoms with Crippen LogP contribution in [0.2, 0.25) is 0 Å². The Balaban J connectivity index is 1.34. The maximum Gasteiger partial charge on any atom is 0.407 e. The highest BCUT2D eigenvalue weighted by atomic mass is 32.2. The van der Waals surface area contributed by atoms with Crippen LogP contribution in [0.3, 0.4) is 0 Å². The molecule has 2 aliphatic rings. The Hall–Kier alpha value is -1.41. The van der Waals surface area contributed by atoms with E-state index in [9.17, 15) is 9.59 Å². The van der Waals surface area contributed by atoms with Crippen molar-refractivity contribution < 1.29 is 23.8 Å². The number of thioether (sulfide) groups is 1. The molecule has 0 saturated carbocycles. The van der Waals surface area contributed by atoms with Gasteiger partial charge in [-0.3, -0.25) is 4.79 Å². The summed E-state index contributed by atoms with van der Waals surface area (Å²) in [7, 11) is 0. The van der Waals surface area contributed by atoms with E-state index in [1.54, 1.807) is 0 Å². The van der Waals surface area contributed by atoms with Crippen LogP contribution >= 0.6 is 11.8 Å². The molecule has 1 saturated heterocycles. The van der Waals surface area contributed by atoms with Gasteiger partial charge in [-0.15, -0.1) is 11.8 Å². The first kappa shape index (κ1) is 35.8. The number of hydrogen-bond acceptors (Lipinski definition) is 7. The second-order valence-corrected chi connectivity index (χ2v) is 13.0. The average Bonchev–Trinajstić information content (AvgIpc) is 3.47. The zero-order valence-electron chi connectivity index (χ0n) is 26.1. The van der Waals surface area contributed by atoms with Crippen molar-refractivity contribution in [1.82, 2.24) is 10.2 Å². The molecule has 1 fully saturated rings. The van der Waals surface area contributed by atoms with E-state index < -0.39 is 11.5 Å². The molecule has 0 atom stereocenters. The predicted octanol–water partition coefficient (Wildman–Crippen LogP) is 8.57. The van der Waals surface area contributed by atoms with Crippen LogP contribution in [0.15, 0.2) is 11.6 Å². The number of amides is 1. The van der Waals surface area contributed by atoms with Crippen LogP contribution in [0.1, 0.15) is 135 Å². The molecule has 2 aliphatic heterocycles. The lowest BCUT2D eigenvalue weighted by molar-refractivity contribution is -0.179. The summed E-state index contributed by atoms with van der Waals surface area (Å²) in [5.74, 6) is 0.854. The second-order valence-electron chi connectivity index (χ2n) is 12.2. The summed E-state index contributed by atoms with van der Waals surface area (Å²) in [6, 6.07) is 0. The minimum absolute atomic E-state index is 0.180. The third-order valence-corrected chi connectivity index (χ3v) is 8.89. The average molecular weight is 597 g/mol. The molecule has 41 heavy (non-hydrogen) atoms. The van der Waals surface area contributed by atoms with Gasteiger partial charge < -0.3 is 24.4 Å². The van der Waals surface area contributed by atoms with Gasteiger partial charge in [0.15, 0.2) is 0 Å². The van der Waals surface area contributed by atoms with Crippen molar-refractivity contribution in [2.24, 2.45) is 5.41 Å². The van der Waals surface area contributed by atoms with E-state index in [4.69, 9.17) is 14.2 Å². The first-order chi connectivity index (χ1) is 20.1. The van der Waals surface area contributed by atoms with Gasteiger partial charge in [0.25, 0.3) is 0 Å². The van der Waals surface area contributed by atoms with E-state index in [2.05, 4.69) is 28.7 Å². The highest BCUT2D eigenvalue weighted by Gasteiger charge is 2.41. The molecule has 0 spiro atoms. The largest absolute Gasteiger partial charge is 0.465 e. The molecule has 0 unspecified atom stereocenters. The van der Waals surface area contributed by atoms with E-state index >= 15 is 0 Å². The molecule has 0 radical (unpaired) electrons. The lowest BCUT2D eigenvalue weighted by atomic mass is 9.88. The maximum atomic E-state index is 12.2. The van der Waals surface area contributed by atoms with Crippen molar-refractivity contribution in [3.8, 4) is 0 Å². The van der Waals surface area contributed by atoms with Gasteiger partial charge in [-0.05, 0) is 24.7 Å². The molecule has 238 valence electrons. The molecular weight excluding hydrogens is 536 g/mol. The van der Waals surface area contributed by atoms with Gasteiger partial charge in [0.05, 0.1) is 24.5 Å². The van der Waals surface area contributed by atoms with Gasteiger partial charge >= 0.3 is 12.1 Å². The van der Waals surface area contributed by atoms with Crippen LogP contribution in [-0.4, -0.2) is 62.4 Å². The molecule has 2 heterocycles. The number of carbonyl (C=O) groups excluding carboxylic acids is 2. The molecule has 8 heteroatoms. The molecule has 0 aromatic carbocycles. The fourth-order valence-electron chi connectivity index (χ4n) is 5.25. The monoisotopic (exact) mass is 596 g/mol. The molecule has 1 N–H and O–H groups in total. The lowest BCUT2D eigenvalue weighted by Gasteiger charge is -2.39. The highest BCUT2D eigenvalue weighted by Crippen LogP contribution is 2.28. The predicted molar refractivity (Wildman–Crippen MR) is 170 cm³/mol. The minimum Gasteiger partial charge on any atom is -0.465 e. The zero-order valence-corrected chi connectivity index (χ0v) is 27.0. The topological polar surface area (TPSA) is 77.1 Å². The fraction of sp³-hybridized carbons (Fsp3) is 0.879. The van der Waals surface area contributed by atoms with Crippen LogP contribution in [-0.2, 0) is 19.0 Å². The zero-order chi connectivity index (χ0) is 29.3. The summed E-state index contributed by atoms with van der Waals surface area (Å²) in [6.07, 6.45) is 26.5. The van der Waals surface area contributed by atoms with Crippen molar-refractivity contribution in [3.05, 3.63) is 11.6 Å². The first-order valence-corrected chi connectivity index (χ1v) is 17.8. The summed E-state index contributed by atoms with van der Waals surface area (Å²) >= 11 is 1.81. The van der Waals surface area contributed by atoms with Crippen LogP contribution in [0.4, 0.5) is 4.79 Å².